The molecule has 1 heterocycles. The molecule has 2 saturated carbocycles. The number of fused-ring (bicyclic) bond motifs is 1. The lowest BCUT2D eigenvalue weighted by atomic mass is 9.58. The van der Waals surface area contributed by atoms with E-state index in [1.807, 2.05) is 41.5 Å². The molecule has 0 aromatic carbocycles. The van der Waals surface area contributed by atoms with Gasteiger partial charge in [0.05, 0.1) is 18.6 Å². The first kappa shape index (κ1) is 17.2. The molecule has 0 N–H and O–H groups in total. The Morgan fingerprint density at radius 1 is 1.22 bits per heavy atom. The summed E-state index contributed by atoms with van der Waals surface area (Å²) in [5.74, 6) is -0.465. The predicted octanol–water partition coefficient (Wildman–Crippen LogP) is 2.60. The average molecular weight is 344 g/mol. The summed E-state index contributed by atoms with van der Waals surface area (Å²) >= 11 is 0. The van der Waals surface area contributed by atoms with E-state index in [2.05, 4.69) is 0 Å². The van der Waals surface area contributed by atoms with Gasteiger partial charge in [-0.05, 0) is 36.5 Å². The van der Waals surface area contributed by atoms with Crippen LogP contribution < -0.4 is 0 Å². The minimum absolute atomic E-state index is 0.000521. The van der Waals surface area contributed by atoms with Gasteiger partial charge in [-0.3, -0.25) is 8.98 Å². The second-order valence-electron chi connectivity index (χ2n) is 8.56. The first-order valence-electron chi connectivity index (χ1n) is 8.58. The van der Waals surface area contributed by atoms with Crippen molar-refractivity contribution in [3.8, 4) is 0 Å². The molecule has 5 nitrogen and oxygen atoms in total. The van der Waals surface area contributed by atoms with Gasteiger partial charge < -0.3 is 4.74 Å². The van der Waals surface area contributed by atoms with E-state index in [-0.39, 0.29) is 29.6 Å². The Bertz CT molecular complexity index is 625. The molecule has 0 aromatic rings. The van der Waals surface area contributed by atoms with Gasteiger partial charge in [-0.2, -0.15) is 8.42 Å². The van der Waals surface area contributed by atoms with Crippen molar-refractivity contribution < 1.29 is 22.1 Å². The number of esters is 1. The largest absolute Gasteiger partial charge is 0.465 e. The number of carbonyl (C=O) groups is 1. The molecule has 0 spiro atoms. The zero-order valence-corrected chi connectivity index (χ0v) is 15.6. The maximum atomic E-state index is 12.8. The summed E-state index contributed by atoms with van der Waals surface area (Å²) < 4.78 is 35.6. The van der Waals surface area contributed by atoms with Crippen LogP contribution in [0.25, 0.3) is 0 Å². The topological polar surface area (TPSA) is 69.7 Å². The Balaban J connectivity index is 2.01. The lowest BCUT2D eigenvalue weighted by molar-refractivity contribution is -0.158. The third-order valence-electron chi connectivity index (χ3n) is 7.03. The summed E-state index contributed by atoms with van der Waals surface area (Å²) in [5.41, 5.74) is -0.481. The summed E-state index contributed by atoms with van der Waals surface area (Å²) in [6.45, 7) is 12.3. The molecule has 132 valence electrons. The molecular formula is C17H28O5S. The van der Waals surface area contributed by atoms with E-state index in [4.69, 9.17) is 8.92 Å². The molecule has 6 atom stereocenters. The van der Waals surface area contributed by atoms with Gasteiger partial charge in [-0.25, -0.2) is 0 Å². The zero-order chi connectivity index (χ0) is 17.4. The number of ether oxygens (including phenoxy) is 1. The highest BCUT2D eigenvalue weighted by atomic mass is 32.2. The third-order valence-corrected chi connectivity index (χ3v) is 9.28. The standard InChI is InChI=1S/C17H28O5S/c1-9(2)8-21-15(18)13-11-7-12-14(13)22-23(19,20)17(12,6)16(11,5)10(3)4/h9-14H,7-8H2,1-6H3. The van der Waals surface area contributed by atoms with Crippen molar-refractivity contribution in [1.29, 1.82) is 0 Å². The van der Waals surface area contributed by atoms with Crippen molar-refractivity contribution >= 4 is 16.1 Å². The first-order valence-corrected chi connectivity index (χ1v) is 9.98. The van der Waals surface area contributed by atoms with E-state index < -0.39 is 32.3 Å². The molecule has 23 heavy (non-hydrogen) atoms. The molecule has 0 radical (unpaired) electrons. The van der Waals surface area contributed by atoms with Crippen LogP contribution in [0.3, 0.4) is 0 Å². The van der Waals surface area contributed by atoms with Gasteiger partial charge >= 0.3 is 5.97 Å². The smallest absolute Gasteiger partial charge is 0.311 e. The molecular weight excluding hydrogens is 316 g/mol. The highest BCUT2D eigenvalue weighted by Gasteiger charge is 2.81. The van der Waals surface area contributed by atoms with Gasteiger partial charge in [0.25, 0.3) is 10.1 Å². The monoisotopic (exact) mass is 344 g/mol. The van der Waals surface area contributed by atoms with E-state index in [0.29, 0.717) is 6.61 Å². The summed E-state index contributed by atoms with van der Waals surface area (Å²) in [5, 5.41) is 0. The van der Waals surface area contributed by atoms with Crippen molar-refractivity contribution in [2.45, 2.75) is 58.8 Å². The lowest BCUT2D eigenvalue weighted by Crippen LogP contribution is -2.57. The molecule has 2 aliphatic carbocycles. The van der Waals surface area contributed by atoms with Gasteiger partial charge in [0.1, 0.15) is 4.75 Å². The van der Waals surface area contributed by atoms with Crippen LogP contribution in [-0.2, 0) is 23.8 Å². The molecule has 0 aromatic heterocycles. The van der Waals surface area contributed by atoms with Crippen molar-refractivity contribution in [3.63, 3.8) is 0 Å². The number of hydrogen-bond donors (Lipinski definition) is 0. The van der Waals surface area contributed by atoms with E-state index in [0.717, 1.165) is 6.42 Å². The number of hydrogen-bond acceptors (Lipinski definition) is 5. The number of carbonyl (C=O) groups excluding carboxylic acids is 1. The Hall–Kier alpha value is -0.620. The zero-order valence-electron chi connectivity index (χ0n) is 14.8. The fourth-order valence-electron chi connectivity index (χ4n) is 5.43. The molecule has 1 saturated heterocycles. The van der Waals surface area contributed by atoms with Gasteiger partial charge in [0, 0.05) is 5.92 Å². The van der Waals surface area contributed by atoms with Crippen molar-refractivity contribution in [2.75, 3.05) is 6.61 Å². The first-order chi connectivity index (χ1) is 10.5. The maximum Gasteiger partial charge on any atom is 0.311 e. The molecule has 3 fully saturated rings. The van der Waals surface area contributed by atoms with Crippen LogP contribution in [0.2, 0.25) is 0 Å². The molecule has 1 aliphatic heterocycles. The second kappa shape index (κ2) is 4.94. The van der Waals surface area contributed by atoms with Crippen LogP contribution in [0.5, 0.6) is 0 Å². The molecule has 3 rings (SSSR count). The minimum atomic E-state index is -3.69. The van der Waals surface area contributed by atoms with Crippen LogP contribution in [0, 0.1) is 35.0 Å². The minimum Gasteiger partial charge on any atom is -0.465 e. The molecule has 0 amide bonds. The average Bonchev–Trinajstić information content (AvgIpc) is 2.96. The van der Waals surface area contributed by atoms with Crippen LogP contribution in [0.1, 0.15) is 48.0 Å². The molecule has 2 bridgehead atoms. The van der Waals surface area contributed by atoms with E-state index in [1.54, 1.807) is 0 Å². The van der Waals surface area contributed by atoms with E-state index in [1.165, 1.54) is 0 Å². The normalized spacial score (nSPS) is 46.8. The predicted molar refractivity (Wildman–Crippen MR) is 86.0 cm³/mol. The van der Waals surface area contributed by atoms with Gasteiger partial charge in [-0.15, -0.1) is 0 Å². The second-order valence-corrected chi connectivity index (χ2v) is 10.5. The Kier molecular flexibility index (Phi) is 3.70. The Morgan fingerprint density at radius 3 is 2.35 bits per heavy atom. The van der Waals surface area contributed by atoms with Gasteiger partial charge in [-0.1, -0.05) is 34.6 Å². The molecule has 6 unspecified atom stereocenters. The van der Waals surface area contributed by atoms with Gasteiger partial charge in [0.2, 0.25) is 0 Å². The summed E-state index contributed by atoms with van der Waals surface area (Å²) in [6, 6.07) is 0. The third kappa shape index (κ3) is 1.88. The lowest BCUT2D eigenvalue weighted by Gasteiger charge is -2.49. The highest BCUT2D eigenvalue weighted by molar-refractivity contribution is 7.88. The van der Waals surface area contributed by atoms with Crippen molar-refractivity contribution in [2.24, 2.45) is 35.0 Å². The van der Waals surface area contributed by atoms with E-state index in [9.17, 15) is 13.2 Å². The maximum absolute atomic E-state index is 12.8. The summed E-state index contributed by atoms with van der Waals surface area (Å²) in [6.07, 6.45) is 0.192. The van der Waals surface area contributed by atoms with Crippen LogP contribution >= 0.6 is 0 Å². The quantitative estimate of drug-likeness (QED) is 0.579. The summed E-state index contributed by atoms with van der Waals surface area (Å²) in [4.78, 5) is 12.7. The van der Waals surface area contributed by atoms with Crippen LogP contribution in [-0.4, -0.2) is 31.8 Å². The fourth-order valence-corrected chi connectivity index (χ4v) is 7.70. The highest BCUT2D eigenvalue weighted by Crippen LogP contribution is 2.73. The Morgan fingerprint density at radius 2 is 1.83 bits per heavy atom. The van der Waals surface area contributed by atoms with Gasteiger partial charge in [0.15, 0.2) is 0 Å². The van der Waals surface area contributed by atoms with Crippen molar-refractivity contribution in [1.82, 2.24) is 0 Å². The van der Waals surface area contributed by atoms with E-state index >= 15 is 0 Å². The Labute approximate surface area is 139 Å². The number of rotatable bonds is 4. The van der Waals surface area contributed by atoms with Crippen molar-refractivity contribution in [3.05, 3.63) is 0 Å². The molecule has 3 aliphatic rings. The van der Waals surface area contributed by atoms with Crippen LogP contribution in [0.15, 0.2) is 0 Å². The molecule has 6 heteroatoms. The SMILES string of the molecule is CC(C)COC(=O)C1C2OS(=O)(=O)C3(C)C2CC1C3(C)C(C)C. The van der Waals surface area contributed by atoms with Crippen LogP contribution in [0.4, 0.5) is 0 Å². The fraction of sp³-hybridized carbons (Fsp3) is 0.941. The summed E-state index contributed by atoms with van der Waals surface area (Å²) in [7, 11) is -3.69.